The molecular weight excluding hydrogens is 235 g/mol. The Bertz CT molecular complexity index is 429. The quantitative estimate of drug-likeness (QED) is 0.746. The van der Waals surface area contributed by atoms with Gasteiger partial charge in [0.1, 0.15) is 11.2 Å². The first-order chi connectivity index (χ1) is 7.60. The first-order valence-corrected chi connectivity index (χ1v) is 5.09. The summed E-state index contributed by atoms with van der Waals surface area (Å²) in [6.45, 7) is 0.244. The smallest absolute Gasteiger partial charge is 0.321 e. The number of esters is 1. The molecule has 86 valence electrons. The summed E-state index contributed by atoms with van der Waals surface area (Å²) in [6.07, 6.45) is 0. The van der Waals surface area contributed by atoms with Crippen LogP contribution in [0.1, 0.15) is 5.56 Å². The minimum atomic E-state index is -1.04. The van der Waals surface area contributed by atoms with Gasteiger partial charge in [-0.05, 0) is 18.2 Å². The third kappa shape index (κ3) is 1.58. The summed E-state index contributed by atoms with van der Waals surface area (Å²) in [5, 5.41) is 0.381. The van der Waals surface area contributed by atoms with E-state index in [1.165, 1.54) is 25.3 Å². The van der Waals surface area contributed by atoms with Crippen molar-refractivity contribution in [2.75, 3.05) is 20.3 Å². The molecule has 0 saturated carbocycles. The van der Waals surface area contributed by atoms with Crippen LogP contribution in [0.4, 0.5) is 4.39 Å². The Morgan fingerprint density at radius 2 is 2.25 bits per heavy atom. The van der Waals surface area contributed by atoms with Crippen LogP contribution in [0.25, 0.3) is 0 Å². The molecule has 0 N–H and O–H groups in total. The minimum Gasteiger partial charge on any atom is -0.468 e. The molecule has 0 aromatic heterocycles. The lowest BCUT2D eigenvalue weighted by atomic mass is 9.78. The highest BCUT2D eigenvalue weighted by Gasteiger charge is 2.50. The molecule has 16 heavy (non-hydrogen) atoms. The fourth-order valence-corrected chi connectivity index (χ4v) is 1.92. The van der Waals surface area contributed by atoms with E-state index in [-0.39, 0.29) is 18.8 Å². The molecule has 1 heterocycles. The molecular formula is C11H10ClFO3. The summed E-state index contributed by atoms with van der Waals surface area (Å²) in [6, 6.07) is 4.11. The Kier molecular flexibility index (Phi) is 2.86. The molecule has 0 radical (unpaired) electrons. The zero-order valence-corrected chi connectivity index (χ0v) is 9.38. The normalized spacial score (nSPS) is 17.7. The molecule has 1 fully saturated rings. The van der Waals surface area contributed by atoms with Gasteiger partial charge in [-0.15, -0.1) is 0 Å². The summed E-state index contributed by atoms with van der Waals surface area (Å²) < 4.78 is 23.3. The zero-order chi connectivity index (χ0) is 11.8. The number of hydrogen-bond donors (Lipinski definition) is 0. The van der Waals surface area contributed by atoms with Crippen molar-refractivity contribution in [2.45, 2.75) is 5.41 Å². The maximum absolute atomic E-state index is 13.7. The van der Waals surface area contributed by atoms with Crippen LogP contribution >= 0.6 is 11.6 Å². The lowest BCUT2D eigenvalue weighted by Crippen LogP contribution is -2.54. The summed E-state index contributed by atoms with van der Waals surface area (Å²) in [5.41, 5.74) is -0.804. The second-order valence-corrected chi connectivity index (χ2v) is 4.13. The van der Waals surface area contributed by atoms with E-state index in [1.54, 1.807) is 0 Å². The van der Waals surface area contributed by atoms with E-state index in [0.29, 0.717) is 5.02 Å². The molecule has 1 aromatic rings. The number of carbonyl (C=O) groups is 1. The van der Waals surface area contributed by atoms with Crippen molar-refractivity contribution in [3.05, 3.63) is 34.6 Å². The van der Waals surface area contributed by atoms with Crippen molar-refractivity contribution < 1.29 is 18.7 Å². The van der Waals surface area contributed by atoms with Gasteiger partial charge in [0.25, 0.3) is 0 Å². The highest BCUT2D eigenvalue weighted by Crippen LogP contribution is 2.36. The van der Waals surface area contributed by atoms with E-state index < -0.39 is 17.2 Å². The fourth-order valence-electron chi connectivity index (χ4n) is 1.75. The van der Waals surface area contributed by atoms with Crippen molar-refractivity contribution in [3.8, 4) is 0 Å². The first-order valence-electron chi connectivity index (χ1n) is 4.72. The molecule has 1 aliphatic heterocycles. The zero-order valence-electron chi connectivity index (χ0n) is 8.63. The number of ether oxygens (including phenoxy) is 2. The van der Waals surface area contributed by atoms with Gasteiger partial charge in [0.15, 0.2) is 0 Å². The maximum atomic E-state index is 13.7. The Balaban J connectivity index is 2.48. The predicted molar refractivity (Wildman–Crippen MR) is 55.9 cm³/mol. The van der Waals surface area contributed by atoms with Crippen molar-refractivity contribution in [1.82, 2.24) is 0 Å². The maximum Gasteiger partial charge on any atom is 0.321 e. The number of carbonyl (C=O) groups excluding carboxylic acids is 1. The van der Waals surface area contributed by atoms with E-state index in [9.17, 15) is 9.18 Å². The van der Waals surface area contributed by atoms with Crippen LogP contribution < -0.4 is 0 Å². The van der Waals surface area contributed by atoms with E-state index in [0.717, 1.165) is 0 Å². The van der Waals surface area contributed by atoms with E-state index >= 15 is 0 Å². The van der Waals surface area contributed by atoms with Crippen LogP contribution in [0.15, 0.2) is 18.2 Å². The summed E-state index contributed by atoms with van der Waals surface area (Å²) in [5.74, 6) is -0.974. The van der Waals surface area contributed by atoms with Crippen LogP contribution in [-0.4, -0.2) is 26.3 Å². The number of methoxy groups -OCH3 is 1. The third-order valence-corrected chi connectivity index (χ3v) is 2.95. The predicted octanol–water partition coefficient (Wildman–Crippen LogP) is 1.92. The fraction of sp³-hybridized carbons (Fsp3) is 0.364. The SMILES string of the molecule is COC(=O)C1(c2cc(Cl)ccc2F)COC1. The van der Waals surface area contributed by atoms with E-state index in [1.807, 2.05) is 0 Å². The lowest BCUT2D eigenvalue weighted by Gasteiger charge is -2.39. The van der Waals surface area contributed by atoms with Gasteiger partial charge in [0, 0.05) is 10.6 Å². The monoisotopic (exact) mass is 244 g/mol. The van der Waals surface area contributed by atoms with Crippen LogP contribution in [0, 0.1) is 5.82 Å². The van der Waals surface area contributed by atoms with E-state index in [4.69, 9.17) is 16.3 Å². The van der Waals surface area contributed by atoms with Crippen molar-refractivity contribution in [1.29, 1.82) is 0 Å². The molecule has 0 atom stereocenters. The standard InChI is InChI=1S/C11H10ClFO3/c1-15-10(14)11(5-16-6-11)8-4-7(12)2-3-9(8)13/h2-4H,5-6H2,1H3. The average Bonchev–Trinajstić information content (AvgIpc) is 2.21. The largest absolute Gasteiger partial charge is 0.468 e. The van der Waals surface area contributed by atoms with Crippen molar-refractivity contribution in [3.63, 3.8) is 0 Å². The van der Waals surface area contributed by atoms with Gasteiger partial charge < -0.3 is 9.47 Å². The molecule has 1 aromatic carbocycles. The molecule has 2 rings (SSSR count). The highest BCUT2D eigenvalue weighted by molar-refractivity contribution is 6.30. The second kappa shape index (κ2) is 4.03. The van der Waals surface area contributed by atoms with Crippen LogP contribution in [-0.2, 0) is 19.7 Å². The molecule has 0 spiro atoms. The molecule has 0 aliphatic carbocycles. The van der Waals surface area contributed by atoms with Crippen LogP contribution in [0.3, 0.4) is 0 Å². The number of hydrogen-bond acceptors (Lipinski definition) is 3. The van der Waals surface area contributed by atoms with E-state index in [2.05, 4.69) is 4.74 Å². The van der Waals surface area contributed by atoms with Gasteiger partial charge in [-0.1, -0.05) is 11.6 Å². The minimum absolute atomic E-state index is 0.122. The Morgan fingerprint density at radius 1 is 1.56 bits per heavy atom. The average molecular weight is 245 g/mol. The topological polar surface area (TPSA) is 35.5 Å². The molecule has 0 unspecified atom stereocenters. The summed E-state index contributed by atoms with van der Waals surface area (Å²) >= 11 is 5.79. The summed E-state index contributed by atoms with van der Waals surface area (Å²) in [4.78, 5) is 11.7. The number of rotatable bonds is 2. The number of benzene rings is 1. The van der Waals surface area contributed by atoms with Crippen molar-refractivity contribution >= 4 is 17.6 Å². The Hall–Kier alpha value is -1.13. The molecule has 3 nitrogen and oxygen atoms in total. The Labute approximate surface area is 97.1 Å². The van der Waals surface area contributed by atoms with Gasteiger partial charge in [0.2, 0.25) is 0 Å². The van der Waals surface area contributed by atoms with Gasteiger partial charge >= 0.3 is 5.97 Å². The lowest BCUT2D eigenvalue weighted by molar-refractivity contribution is -0.167. The highest BCUT2D eigenvalue weighted by atomic mass is 35.5. The molecule has 1 saturated heterocycles. The molecule has 0 bridgehead atoms. The molecule has 1 aliphatic rings. The van der Waals surface area contributed by atoms with Crippen LogP contribution in [0.5, 0.6) is 0 Å². The molecule has 5 heteroatoms. The van der Waals surface area contributed by atoms with Crippen molar-refractivity contribution in [2.24, 2.45) is 0 Å². The van der Waals surface area contributed by atoms with Gasteiger partial charge in [-0.2, -0.15) is 0 Å². The van der Waals surface area contributed by atoms with Gasteiger partial charge in [-0.3, -0.25) is 4.79 Å². The number of halogens is 2. The third-order valence-electron chi connectivity index (χ3n) is 2.72. The van der Waals surface area contributed by atoms with Gasteiger partial charge in [0.05, 0.1) is 20.3 Å². The van der Waals surface area contributed by atoms with Gasteiger partial charge in [-0.25, -0.2) is 4.39 Å². The second-order valence-electron chi connectivity index (χ2n) is 3.69. The molecule has 0 amide bonds. The Morgan fingerprint density at radius 3 is 2.75 bits per heavy atom. The first kappa shape index (κ1) is 11.4. The summed E-state index contributed by atoms with van der Waals surface area (Å²) in [7, 11) is 1.27. The van der Waals surface area contributed by atoms with Crippen LogP contribution in [0.2, 0.25) is 5.02 Å².